The quantitative estimate of drug-likeness (QED) is 0.423. The number of ketones is 1. The molecule has 7 nitrogen and oxygen atoms in total. The van der Waals surface area contributed by atoms with Gasteiger partial charge < -0.3 is 5.32 Å². The third kappa shape index (κ3) is 4.27. The summed E-state index contributed by atoms with van der Waals surface area (Å²) in [7, 11) is 0. The second-order valence-electron chi connectivity index (χ2n) is 8.19. The van der Waals surface area contributed by atoms with Gasteiger partial charge in [0.2, 0.25) is 0 Å². The van der Waals surface area contributed by atoms with Gasteiger partial charge in [0.1, 0.15) is 11.6 Å². The summed E-state index contributed by atoms with van der Waals surface area (Å²) < 4.78 is 0. The number of carbonyl (C=O) groups is 1. The molecular formula is C25H24N4O3. The maximum Gasteiger partial charge on any atom is 0.270 e. The predicted molar refractivity (Wildman–Crippen MR) is 126 cm³/mol. The first kappa shape index (κ1) is 21.4. The standard InChI is InChI=1S/C25H24N4O3/c1-14-9-19(12-20(10-14)29(31)32)16(3)26-25-23-13-22(18-5-7-21(30)8-6-18)15(2)11-24(23)27-17(4)28-25/h5-7,9-13,16H,8H2,1-4H3,(H,26,27,28)/t16-/m1/s1. The first-order chi connectivity index (χ1) is 15.2. The van der Waals surface area contributed by atoms with Crippen LogP contribution in [0, 0.1) is 30.9 Å². The summed E-state index contributed by atoms with van der Waals surface area (Å²) in [6.45, 7) is 7.67. The number of anilines is 1. The molecule has 0 aliphatic heterocycles. The molecule has 1 aliphatic rings. The molecule has 7 heteroatoms. The van der Waals surface area contributed by atoms with Crippen LogP contribution in [0.15, 0.2) is 48.6 Å². The van der Waals surface area contributed by atoms with Gasteiger partial charge in [0.05, 0.1) is 16.5 Å². The minimum atomic E-state index is -0.376. The number of nitrogens with one attached hydrogen (secondary N) is 1. The highest BCUT2D eigenvalue weighted by molar-refractivity contribution is 6.00. The first-order valence-corrected chi connectivity index (χ1v) is 10.4. The van der Waals surface area contributed by atoms with Gasteiger partial charge in [-0.1, -0.05) is 18.2 Å². The highest BCUT2D eigenvalue weighted by Crippen LogP contribution is 2.32. The molecule has 1 heterocycles. The smallest absolute Gasteiger partial charge is 0.270 e. The molecule has 0 bridgehead atoms. The Morgan fingerprint density at radius 1 is 1.06 bits per heavy atom. The van der Waals surface area contributed by atoms with Crippen LogP contribution in [0.3, 0.4) is 0 Å². The number of aromatic nitrogens is 2. The summed E-state index contributed by atoms with van der Waals surface area (Å²) >= 11 is 0. The number of nitro groups is 1. The Balaban J connectivity index is 1.77. The minimum Gasteiger partial charge on any atom is -0.363 e. The Bertz CT molecular complexity index is 1320. The van der Waals surface area contributed by atoms with Crippen LogP contribution in [0.1, 0.15) is 47.5 Å². The molecular weight excluding hydrogens is 404 g/mol. The molecule has 0 amide bonds. The second-order valence-corrected chi connectivity index (χ2v) is 8.19. The largest absolute Gasteiger partial charge is 0.363 e. The maximum absolute atomic E-state index is 11.6. The van der Waals surface area contributed by atoms with E-state index in [9.17, 15) is 14.9 Å². The van der Waals surface area contributed by atoms with Crippen molar-refractivity contribution in [3.63, 3.8) is 0 Å². The summed E-state index contributed by atoms with van der Waals surface area (Å²) in [5.74, 6) is 1.40. The number of fused-ring (bicyclic) bond motifs is 1. The van der Waals surface area contributed by atoms with Gasteiger partial charge in [0, 0.05) is 23.9 Å². The van der Waals surface area contributed by atoms with Gasteiger partial charge in [0.15, 0.2) is 5.78 Å². The SMILES string of the molecule is Cc1cc([C@@H](C)Nc2nc(C)nc3cc(C)c(C4=CCC(=O)C=C4)cc23)cc([N+](=O)[O-])c1. The number of benzene rings is 2. The molecule has 1 atom stereocenters. The van der Waals surface area contributed by atoms with Gasteiger partial charge in [-0.3, -0.25) is 14.9 Å². The van der Waals surface area contributed by atoms with Crippen molar-refractivity contribution in [2.24, 2.45) is 0 Å². The van der Waals surface area contributed by atoms with E-state index in [1.54, 1.807) is 18.2 Å². The van der Waals surface area contributed by atoms with Gasteiger partial charge in [0.25, 0.3) is 5.69 Å². The van der Waals surface area contributed by atoms with Crippen LogP contribution in [0.4, 0.5) is 11.5 Å². The van der Waals surface area contributed by atoms with Crippen LogP contribution in [0.2, 0.25) is 0 Å². The molecule has 0 spiro atoms. The van der Waals surface area contributed by atoms with Gasteiger partial charge in [-0.2, -0.15) is 0 Å². The molecule has 0 unspecified atom stereocenters. The topological polar surface area (TPSA) is 98.0 Å². The Labute approximate surface area is 186 Å². The lowest BCUT2D eigenvalue weighted by Gasteiger charge is -2.19. The zero-order chi connectivity index (χ0) is 23.0. The molecule has 0 radical (unpaired) electrons. The Kier molecular flexibility index (Phi) is 5.57. The summed E-state index contributed by atoms with van der Waals surface area (Å²) in [5.41, 5.74) is 5.61. The molecule has 1 N–H and O–H groups in total. The zero-order valence-electron chi connectivity index (χ0n) is 18.5. The van der Waals surface area contributed by atoms with Crippen molar-refractivity contribution < 1.29 is 9.72 Å². The molecule has 162 valence electrons. The molecule has 0 saturated heterocycles. The average molecular weight is 428 g/mol. The van der Waals surface area contributed by atoms with E-state index < -0.39 is 0 Å². The summed E-state index contributed by atoms with van der Waals surface area (Å²) in [6.07, 6.45) is 5.78. The lowest BCUT2D eigenvalue weighted by Crippen LogP contribution is -2.10. The van der Waals surface area contributed by atoms with Crippen LogP contribution in [0.5, 0.6) is 0 Å². The van der Waals surface area contributed by atoms with Gasteiger partial charge in [-0.25, -0.2) is 9.97 Å². The number of allylic oxidation sites excluding steroid dienone is 4. The van der Waals surface area contributed by atoms with E-state index in [2.05, 4.69) is 15.3 Å². The third-order valence-electron chi connectivity index (χ3n) is 5.59. The van der Waals surface area contributed by atoms with Crippen molar-refractivity contribution >= 4 is 33.8 Å². The molecule has 32 heavy (non-hydrogen) atoms. The minimum absolute atomic E-state index is 0.0702. The average Bonchev–Trinajstić information content (AvgIpc) is 2.73. The van der Waals surface area contributed by atoms with Crippen molar-refractivity contribution in [2.45, 2.75) is 40.2 Å². The fourth-order valence-corrected chi connectivity index (χ4v) is 3.98. The fourth-order valence-electron chi connectivity index (χ4n) is 3.98. The number of non-ortho nitro benzene ring substituents is 1. The van der Waals surface area contributed by atoms with Crippen molar-refractivity contribution in [1.82, 2.24) is 9.97 Å². The Morgan fingerprint density at radius 3 is 2.53 bits per heavy atom. The summed E-state index contributed by atoms with van der Waals surface area (Å²) in [6, 6.07) is 8.95. The van der Waals surface area contributed by atoms with Crippen molar-refractivity contribution in [3.8, 4) is 0 Å². The van der Waals surface area contributed by atoms with Crippen LogP contribution in [-0.2, 0) is 4.79 Å². The first-order valence-electron chi connectivity index (χ1n) is 10.4. The highest BCUT2D eigenvalue weighted by Gasteiger charge is 2.17. The monoisotopic (exact) mass is 428 g/mol. The predicted octanol–water partition coefficient (Wildman–Crippen LogP) is 5.55. The number of carbonyl (C=O) groups excluding carboxylic acids is 1. The molecule has 1 aliphatic carbocycles. The lowest BCUT2D eigenvalue weighted by atomic mass is 9.94. The second kappa shape index (κ2) is 8.34. The van der Waals surface area contributed by atoms with Gasteiger partial charge >= 0.3 is 0 Å². The summed E-state index contributed by atoms with van der Waals surface area (Å²) in [4.78, 5) is 31.7. The number of aryl methyl sites for hydroxylation is 3. The molecule has 2 aromatic carbocycles. The third-order valence-corrected chi connectivity index (χ3v) is 5.59. The van der Waals surface area contributed by atoms with Crippen molar-refractivity contribution in [1.29, 1.82) is 0 Å². The van der Waals surface area contributed by atoms with E-state index in [0.717, 1.165) is 38.7 Å². The van der Waals surface area contributed by atoms with Crippen LogP contribution >= 0.6 is 0 Å². The van der Waals surface area contributed by atoms with E-state index >= 15 is 0 Å². The maximum atomic E-state index is 11.6. The van der Waals surface area contributed by atoms with Gasteiger partial charge in [-0.15, -0.1) is 0 Å². The van der Waals surface area contributed by atoms with Crippen LogP contribution in [0.25, 0.3) is 16.5 Å². The van der Waals surface area contributed by atoms with E-state index in [1.165, 1.54) is 0 Å². The molecule has 0 fully saturated rings. The Hall–Kier alpha value is -3.87. The molecule has 1 aromatic heterocycles. The van der Waals surface area contributed by atoms with Crippen LogP contribution in [-0.4, -0.2) is 20.7 Å². The van der Waals surface area contributed by atoms with Crippen LogP contribution < -0.4 is 5.32 Å². The fraction of sp³-hybridized carbons (Fsp3) is 0.240. The normalized spacial score (nSPS) is 14.4. The number of nitro benzene ring substituents is 1. The number of rotatable bonds is 5. The van der Waals surface area contributed by atoms with E-state index in [-0.39, 0.29) is 22.4 Å². The number of hydrogen-bond donors (Lipinski definition) is 1. The number of hydrogen-bond acceptors (Lipinski definition) is 6. The van der Waals surface area contributed by atoms with Crippen molar-refractivity contribution in [2.75, 3.05) is 5.32 Å². The van der Waals surface area contributed by atoms with Crippen molar-refractivity contribution in [3.05, 3.63) is 86.8 Å². The summed E-state index contributed by atoms with van der Waals surface area (Å²) in [5, 5.41) is 15.6. The molecule has 3 aromatic rings. The Morgan fingerprint density at radius 2 is 1.84 bits per heavy atom. The highest BCUT2D eigenvalue weighted by atomic mass is 16.6. The molecule has 0 saturated carbocycles. The molecule has 4 rings (SSSR count). The van der Waals surface area contributed by atoms with E-state index in [1.807, 2.05) is 58.0 Å². The number of nitrogens with zero attached hydrogens (tertiary/aromatic N) is 3. The van der Waals surface area contributed by atoms with E-state index in [4.69, 9.17) is 0 Å². The zero-order valence-corrected chi connectivity index (χ0v) is 18.5. The van der Waals surface area contributed by atoms with Gasteiger partial charge in [-0.05, 0) is 73.7 Å². The lowest BCUT2D eigenvalue weighted by molar-refractivity contribution is -0.385. The van der Waals surface area contributed by atoms with E-state index in [0.29, 0.717) is 18.1 Å².